The van der Waals surface area contributed by atoms with E-state index in [1.165, 1.54) is 6.07 Å². The molecule has 0 aromatic heterocycles. The molecule has 2 heterocycles. The third kappa shape index (κ3) is 1.65. The summed E-state index contributed by atoms with van der Waals surface area (Å²) in [6.07, 6.45) is 5.82. The zero-order valence-corrected chi connectivity index (χ0v) is 9.25. The predicted octanol–water partition coefficient (Wildman–Crippen LogP) is 3.06. The van der Waals surface area contributed by atoms with Gasteiger partial charge in [-0.05, 0) is 35.5 Å². The first-order valence-corrected chi connectivity index (χ1v) is 5.80. The molecule has 0 aliphatic carbocycles. The van der Waals surface area contributed by atoms with Crippen molar-refractivity contribution in [2.45, 2.75) is 0 Å². The first-order chi connectivity index (χ1) is 7.83. The van der Waals surface area contributed by atoms with Crippen LogP contribution in [0.1, 0.15) is 5.56 Å². The second-order valence-electron chi connectivity index (χ2n) is 3.55. The van der Waals surface area contributed by atoms with Crippen LogP contribution >= 0.6 is 11.8 Å². The molecule has 2 aliphatic rings. The largest absolute Gasteiger partial charge is 0.322 e. The van der Waals surface area contributed by atoms with Crippen LogP contribution < -0.4 is 0 Å². The van der Waals surface area contributed by atoms with Crippen LogP contribution in [0.25, 0.3) is 4.91 Å². The highest BCUT2D eigenvalue weighted by molar-refractivity contribution is 8.22. The van der Waals surface area contributed by atoms with Crippen LogP contribution in [-0.4, -0.2) is 16.6 Å². The molecule has 4 heteroatoms. The average molecular weight is 232 g/mol. The normalized spacial score (nSPS) is 18.2. The number of hydrogen-bond acceptors (Lipinski definition) is 3. The summed E-state index contributed by atoms with van der Waals surface area (Å²) in [5.74, 6) is -0.205. The molecule has 80 valence electrons. The molecule has 0 atom stereocenters. The molecule has 0 N–H and O–H groups in total. The van der Waals surface area contributed by atoms with Gasteiger partial charge < -0.3 is 4.90 Å². The first-order valence-electron chi connectivity index (χ1n) is 4.98. The van der Waals surface area contributed by atoms with Crippen LogP contribution in [-0.2, 0) is 0 Å². The van der Waals surface area contributed by atoms with Crippen LogP contribution in [0.15, 0.2) is 47.7 Å². The number of halogens is 1. The third-order valence-corrected chi connectivity index (χ3v) is 3.51. The Morgan fingerprint density at radius 1 is 1.38 bits per heavy atom. The summed E-state index contributed by atoms with van der Waals surface area (Å²) in [6, 6.07) is 6.64. The number of aliphatic imine (C=N–C) groups is 1. The van der Waals surface area contributed by atoms with E-state index in [0.717, 1.165) is 22.2 Å². The highest BCUT2D eigenvalue weighted by Gasteiger charge is 2.22. The van der Waals surface area contributed by atoms with E-state index < -0.39 is 0 Å². The number of nitrogens with zero attached hydrogens (tertiary/aromatic N) is 2. The molecule has 2 nitrogen and oxygen atoms in total. The highest BCUT2D eigenvalue weighted by atomic mass is 32.2. The minimum absolute atomic E-state index is 0.205. The highest BCUT2D eigenvalue weighted by Crippen LogP contribution is 2.37. The molecular weight excluding hydrogens is 223 g/mol. The minimum atomic E-state index is -0.205. The minimum Gasteiger partial charge on any atom is -0.322 e. The van der Waals surface area contributed by atoms with Crippen LogP contribution in [0, 0.1) is 5.82 Å². The summed E-state index contributed by atoms with van der Waals surface area (Å²) in [5.41, 5.74) is 0.905. The van der Waals surface area contributed by atoms with E-state index in [2.05, 4.69) is 9.89 Å². The number of fused-ring (bicyclic) bond motifs is 1. The molecule has 0 saturated heterocycles. The maximum atomic E-state index is 13.1. The van der Waals surface area contributed by atoms with Crippen LogP contribution in [0.2, 0.25) is 0 Å². The fourth-order valence-corrected chi connectivity index (χ4v) is 2.64. The van der Waals surface area contributed by atoms with Gasteiger partial charge >= 0.3 is 0 Å². The van der Waals surface area contributed by atoms with Crippen molar-refractivity contribution in [2.24, 2.45) is 4.99 Å². The van der Waals surface area contributed by atoms with Gasteiger partial charge in [-0.2, -0.15) is 0 Å². The van der Waals surface area contributed by atoms with Crippen molar-refractivity contribution < 1.29 is 4.39 Å². The van der Waals surface area contributed by atoms with E-state index in [-0.39, 0.29) is 5.82 Å². The quantitative estimate of drug-likeness (QED) is 0.739. The van der Waals surface area contributed by atoms with Gasteiger partial charge in [0.2, 0.25) is 0 Å². The smallest absolute Gasteiger partial charge is 0.173 e. The summed E-state index contributed by atoms with van der Waals surface area (Å²) < 4.78 is 13.1. The SMILES string of the molecule is Fc1cccc(C2=CN3CC=CN=C3S2)c1. The molecule has 0 amide bonds. The first kappa shape index (κ1) is 9.66. The van der Waals surface area contributed by atoms with Gasteiger partial charge in [0.05, 0.1) is 0 Å². The summed E-state index contributed by atoms with van der Waals surface area (Å²) in [7, 11) is 0. The maximum absolute atomic E-state index is 13.1. The maximum Gasteiger partial charge on any atom is 0.173 e. The summed E-state index contributed by atoms with van der Waals surface area (Å²) in [4.78, 5) is 7.37. The lowest BCUT2D eigenvalue weighted by Gasteiger charge is -2.15. The van der Waals surface area contributed by atoms with Gasteiger partial charge in [-0.1, -0.05) is 12.1 Å². The van der Waals surface area contributed by atoms with Gasteiger partial charge in [-0.25, -0.2) is 9.38 Å². The molecule has 1 aromatic carbocycles. The summed E-state index contributed by atoms with van der Waals surface area (Å²) in [6.45, 7) is 0.838. The summed E-state index contributed by atoms with van der Waals surface area (Å²) >= 11 is 1.58. The molecule has 0 unspecified atom stereocenters. The monoisotopic (exact) mass is 232 g/mol. The average Bonchev–Trinajstić information content (AvgIpc) is 2.72. The Morgan fingerprint density at radius 3 is 3.12 bits per heavy atom. The zero-order valence-electron chi connectivity index (χ0n) is 8.43. The standard InChI is InChI=1S/C12H9FN2S/c13-10-4-1-3-9(7-10)11-8-15-6-2-5-14-12(15)16-11/h1-5,7-8H,6H2. The van der Waals surface area contributed by atoms with Crippen molar-refractivity contribution >= 4 is 21.8 Å². The molecular formula is C12H9FN2S. The Kier molecular flexibility index (Phi) is 2.29. The fourth-order valence-electron chi connectivity index (χ4n) is 1.66. The van der Waals surface area contributed by atoms with Gasteiger partial charge in [0.1, 0.15) is 5.82 Å². The van der Waals surface area contributed by atoms with Gasteiger partial charge in [0.25, 0.3) is 0 Å². The number of amidine groups is 1. The predicted molar refractivity (Wildman–Crippen MR) is 65.2 cm³/mol. The number of thioether (sulfide) groups is 1. The van der Waals surface area contributed by atoms with Crippen LogP contribution in [0.3, 0.4) is 0 Å². The number of rotatable bonds is 1. The molecule has 0 radical (unpaired) electrons. The van der Waals surface area contributed by atoms with Crippen molar-refractivity contribution in [3.05, 3.63) is 54.1 Å². The molecule has 1 aromatic rings. The topological polar surface area (TPSA) is 15.6 Å². The molecule has 0 bridgehead atoms. The summed E-state index contributed by atoms with van der Waals surface area (Å²) in [5, 5.41) is 0.960. The third-order valence-electron chi connectivity index (χ3n) is 2.42. The van der Waals surface area contributed by atoms with E-state index in [9.17, 15) is 4.39 Å². The fraction of sp³-hybridized carbons (Fsp3) is 0.0833. The van der Waals surface area contributed by atoms with Gasteiger partial charge in [0.15, 0.2) is 5.17 Å². The van der Waals surface area contributed by atoms with Crippen molar-refractivity contribution in [1.82, 2.24) is 4.90 Å². The van der Waals surface area contributed by atoms with Gasteiger partial charge in [0, 0.05) is 23.8 Å². The van der Waals surface area contributed by atoms with E-state index in [4.69, 9.17) is 0 Å². The number of benzene rings is 1. The van der Waals surface area contributed by atoms with E-state index in [0.29, 0.717) is 0 Å². The van der Waals surface area contributed by atoms with E-state index in [1.54, 1.807) is 30.1 Å². The Hall–Kier alpha value is -1.55. The Balaban J connectivity index is 1.93. The van der Waals surface area contributed by atoms with Gasteiger partial charge in [-0.3, -0.25) is 0 Å². The lowest BCUT2D eigenvalue weighted by atomic mass is 10.2. The van der Waals surface area contributed by atoms with E-state index in [1.807, 2.05) is 18.3 Å². The van der Waals surface area contributed by atoms with Crippen molar-refractivity contribution in [2.75, 3.05) is 6.54 Å². The molecule has 0 saturated carbocycles. The molecule has 16 heavy (non-hydrogen) atoms. The van der Waals surface area contributed by atoms with Gasteiger partial charge in [-0.15, -0.1) is 0 Å². The molecule has 2 aliphatic heterocycles. The molecule has 3 rings (SSSR count). The Bertz CT molecular complexity index is 520. The van der Waals surface area contributed by atoms with E-state index >= 15 is 0 Å². The molecule has 0 spiro atoms. The second-order valence-corrected chi connectivity index (χ2v) is 4.56. The van der Waals surface area contributed by atoms with Crippen molar-refractivity contribution in [1.29, 1.82) is 0 Å². The molecule has 0 fully saturated rings. The van der Waals surface area contributed by atoms with Crippen molar-refractivity contribution in [3.63, 3.8) is 0 Å². The Morgan fingerprint density at radius 2 is 2.31 bits per heavy atom. The second kappa shape index (κ2) is 3.79. The zero-order chi connectivity index (χ0) is 11.0. The van der Waals surface area contributed by atoms with Crippen molar-refractivity contribution in [3.8, 4) is 0 Å². The lowest BCUT2D eigenvalue weighted by Crippen LogP contribution is -2.21. The van der Waals surface area contributed by atoms with Crippen LogP contribution in [0.5, 0.6) is 0 Å². The lowest BCUT2D eigenvalue weighted by molar-refractivity contribution is 0.626. The number of hydrogen-bond donors (Lipinski definition) is 0. The Labute approximate surface area is 97.2 Å². The van der Waals surface area contributed by atoms with Crippen LogP contribution in [0.4, 0.5) is 4.39 Å².